The van der Waals surface area contributed by atoms with E-state index in [0.717, 1.165) is 12.1 Å². The van der Waals surface area contributed by atoms with Crippen LogP contribution in [0.5, 0.6) is 0 Å². The molecule has 2 rings (SSSR count). The summed E-state index contributed by atoms with van der Waals surface area (Å²) in [6.07, 6.45) is 0.521. The van der Waals surface area contributed by atoms with E-state index >= 15 is 0 Å². The first-order chi connectivity index (χ1) is 11.5. The first-order valence-electron chi connectivity index (χ1n) is 8.04. The Morgan fingerprint density at radius 3 is 2.62 bits per heavy atom. The van der Waals surface area contributed by atoms with Gasteiger partial charge >= 0.3 is 6.03 Å². The van der Waals surface area contributed by atoms with Gasteiger partial charge in [0.2, 0.25) is 5.91 Å². The van der Waals surface area contributed by atoms with E-state index in [4.69, 9.17) is 0 Å². The van der Waals surface area contributed by atoms with Crippen LogP contribution in [-0.2, 0) is 16.1 Å². The number of nitrogens with one attached hydrogen (secondary N) is 2. The van der Waals surface area contributed by atoms with Gasteiger partial charge in [0, 0.05) is 19.5 Å². The quantitative estimate of drug-likeness (QED) is 0.682. The minimum atomic E-state index is -0.624. The lowest BCUT2D eigenvalue weighted by Crippen LogP contribution is -2.34. The summed E-state index contributed by atoms with van der Waals surface area (Å²) in [5.41, 5.74) is 0.892. The summed E-state index contributed by atoms with van der Waals surface area (Å²) in [7, 11) is 3.86. The summed E-state index contributed by atoms with van der Waals surface area (Å²) in [5.74, 6) is -0.384. The van der Waals surface area contributed by atoms with Gasteiger partial charge in [-0.3, -0.25) is 14.5 Å². The van der Waals surface area contributed by atoms with Gasteiger partial charge in [-0.25, -0.2) is 4.79 Å². The van der Waals surface area contributed by atoms with Crippen LogP contribution in [-0.4, -0.2) is 60.9 Å². The van der Waals surface area contributed by atoms with Crippen molar-refractivity contribution in [3.8, 4) is 0 Å². The van der Waals surface area contributed by atoms with Crippen LogP contribution in [0.4, 0.5) is 4.79 Å². The molecule has 1 unspecified atom stereocenters. The van der Waals surface area contributed by atoms with Gasteiger partial charge in [0.15, 0.2) is 0 Å². The second-order valence-electron chi connectivity index (χ2n) is 6.10. The van der Waals surface area contributed by atoms with Crippen molar-refractivity contribution in [1.82, 2.24) is 20.4 Å². The first kappa shape index (κ1) is 17.9. The van der Waals surface area contributed by atoms with E-state index in [0.29, 0.717) is 13.0 Å². The van der Waals surface area contributed by atoms with Crippen LogP contribution in [0.15, 0.2) is 30.3 Å². The number of rotatable bonds is 8. The highest BCUT2D eigenvalue weighted by molar-refractivity contribution is 6.04. The smallest absolute Gasteiger partial charge is 0.325 e. The number of benzene rings is 1. The molecule has 0 radical (unpaired) electrons. The van der Waals surface area contributed by atoms with Gasteiger partial charge < -0.3 is 15.5 Å². The van der Waals surface area contributed by atoms with E-state index in [1.807, 2.05) is 49.3 Å². The highest BCUT2D eigenvalue weighted by Gasteiger charge is 2.37. The third-order valence-electron chi connectivity index (χ3n) is 3.83. The Kier molecular flexibility index (Phi) is 6.31. The van der Waals surface area contributed by atoms with E-state index in [9.17, 15) is 14.4 Å². The molecule has 1 atom stereocenters. The van der Waals surface area contributed by atoms with Crippen LogP contribution >= 0.6 is 0 Å². The lowest BCUT2D eigenvalue weighted by atomic mass is 10.1. The number of nitrogens with zero attached hydrogens (tertiary/aromatic N) is 2. The van der Waals surface area contributed by atoms with Crippen LogP contribution in [0.3, 0.4) is 0 Å². The molecule has 0 aliphatic carbocycles. The Labute approximate surface area is 142 Å². The standard InChI is InChI=1S/C17H24N4O3/c1-20(2)11-10-18-15(22)9-8-14-16(23)21(17(24)19-14)12-13-6-4-3-5-7-13/h3-7,14H,8-12H2,1-2H3,(H,18,22)(H,19,24). The molecule has 1 saturated heterocycles. The minimum absolute atomic E-state index is 0.111. The SMILES string of the molecule is CN(C)CCNC(=O)CCC1NC(=O)N(Cc2ccccc2)C1=O. The fraction of sp³-hybridized carbons (Fsp3) is 0.471. The lowest BCUT2D eigenvalue weighted by molar-refractivity contribution is -0.128. The maximum Gasteiger partial charge on any atom is 0.325 e. The van der Waals surface area contributed by atoms with E-state index in [2.05, 4.69) is 10.6 Å². The predicted molar refractivity (Wildman–Crippen MR) is 90.1 cm³/mol. The van der Waals surface area contributed by atoms with Crippen LogP contribution in [0, 0.1) is 0 Å². The molecule has 0 saturated carbocycles. The molecule has 1 aliphatic heterocycles. The fourth-order valence-electron chi connectivity index (χ4n) is 2.47. The zero-order valence-corrected chi connectivity index (χ0v) is 14.1. The molecular formula is C17H24N4O3. The Balaban J connectivity index is 1.80. The van der Waals surface area contributed by atoms with Gasteiger partial charge in [0.1, 0.15) is 6.04 Å². The summed E-state index contributed by atoms with van der Waals surface area (Å²) >= 11 is 0. The van der Waals surface area contributed by atoms with Crippen LogP contribution in [0.2, 0.25) is 0 Å². The van der Waals surface area contributed by atoms with Gasteiger partial charge in [-0.1, -0.05) is 30.3 Å². The fourth-order valence-corrected chi connectivity index (χ4v) is 2.47. The number of hydrogen-bond acceptors (Lipinski definition) is 4. The van der Waals surface area contributed by atoms with Crippen LogP contribution < -0.4 is 10.6 Å². The van der Waals surface area contributed by atoms with E-state index < -0.39 is 12.1 Å². The molecule has 0 aromatic heterocycles. The molecule has 0 spiro atoms. The molecule has 1 fully saturated rings. The van der Waals surface area contributed by atoms with Crippen molar-refractivity contribution < 1.29 is 14.4 Å². The Bertz CT molecular complexity index is 589. The largest absolute Gasteiger partial charge is 0.355 e. The molecule has 0 bridgehead atoms. The Hall–Kier alpha value is -2.41. The lowest BCUT2D eigenvalue weighted by Gasteiger charge is -2.13. The molecule has 1 aliphatic rings. The van der Waals surface area contributed by atoms with E-state index in [1.54, 1.807) is 0 Å². The van der Waals surface area contributed by atoms with Crippen molar-refractivity contribution in [2.24, 2.45) is 0 Å². The maximum absolute atomic E-state index is 12.3. The first-order valence-corrected chi connectivity index (χ1v) is 8.04. The van der Waals surface area contributed by atoms with Gasteiger partial charge in [0.05, 0.1) is 6.54 Å². The second-order valence-corrected chi connectivity index (χ2v) is 6.10. The predicted octanol–water partition coefficient (Wildman–Crippen LogP) is 0.565. The third-order valence-corrected chi connectivity index (χ3v) is 3.83. The van der Waals surface area contributed by atoms with E-state index in [1.165, 1.54) is 4.90 Å². The zero-order chi connectivity index (χ0) is 17.5. The number of urea groups is 1. The maximum atomic E-state index is 12.3. The monoisotopic (exact) mass is 332 g/mol. The topological polar surface area (TPSA) is 81.8 Å². The Morgan fingerprint density at radius 1 is 1.25 bits per heavy atom. The molecule has 1 heterocycles. The average molecular weight is 332 g/mol. The second kappa shape index (κ2) is 8.44. The molecule has 7 heteroatoms. The van der Waals surface area contributed by atoms with Crippen molar-refractivity contribution in [3.05, 3.63) is 35.9 Å². The number of likely N-dealkylation sites (N-methyl/N-ethyl adjacent to an activating group) is 1. The van der Waals surface area contributed by atoms with Gasteiger partial charge in [-0.2, -0.15) is 0 Å². The molecule has 1 aromatic rings. The molecule has 2 N–H and O–H groups in total. The normalized spacial score (nSPS) is 17.3. The van der Waals surface area contributed by atoms with Crippen molar-refractivity contribution in [2.45, 2.75) is 25.4 Å². The highest BCUT2D eigenvalue weighted by atomic mass is 16.2. The van der Waals surface area contributed by atoms with Crippen molar-refractivity contribution in [3.63, 3.8) is 0 Å². The molecule has 7 nitrogen and oxygen atoms in total. The van der Waals surface area contributed by atoms with Crippen LogP contribution in [0.25, 0.3) is 0 Å². The third kappa shape index (κ3) is 5.06. The van der Waals surface area contributed by atoms with Gasteiger partial charge in [-0.05, 0) is 26.1 Å². The summed E-state index contributed by atoms with van der Waals surface area (Å²) in [6.45, 7) is 1.57. The van der Waals surface area contributed by atoms with E-state index in [-0.39, 0.29) is 24.8 Å². The van der Waals surface area contributed by atoms with Gasteiger partial charge in [0.25, 0.3) is 5.91 Å². The van der Waals surface area contributed by atoms with Crippen molar-refractivity contribution in [1.29, 1.82) is 0 Å². The van der Waals surface area contributed by atoms with Crippen molar-refractivity contribution in [2.75, 3.05) is 27.2 Å². The molecule has 24 heavy (non-hydrogen) atoms. The molecule has 4 amide bonds. The number of carbonyl (C=O) groups excluding carboxylic acids is 3. The van der Waals surface area contributed by atoms with Gasteiger partial charge in [-0.15, -0.1) is 0 Å². The number of imide groups is 1. The van der Waals surface area contributed by atoms with Crippen molar-refractivity contribution >= 4 is 17.8 Å². The summed E-state index contributed by atoms with van der Waals surface area (Å²) in [4.78, 5) is 39.3. The molecule has 1 aromatic carbocycles. The molecular weight excluding hydrogens is 308 g/mol. The Morgan fingerprint density at radius 2 is 1.96 bits per heavy atom. The number of carbonyl (C=O) groups is 3. The summed E-state index contributed by atoms with van der Waals surface area (Å²) in [5, 5.41) is 5.45. The number of amides is 4. The van der Waals surface area contributed by atoms with Crippen LogP contribution in [0.1, 0.15) is 18.4 Å². The molecule has 130 valence electrons. The summed E-state index contributed by atoms with van der Waals surface area (Å²) in [6, 6.07) is 8.32. The minimum Gasteiger partial charge on any atom is -0.355 e. The highest BCUT2D eigenvalue weighted by Crippen LogP contribution is 2.14. The zero-order valence-electron chi connectivity index (χ0n) is 14.1. The summed E-state index contributed by atoms with van der Waals surface area (Å²) < 4.78 is 0. The average Bonchev–Trinajstić information content (AvgIpc) is 2.81. The number of hydrogen-bond donors (Lipinski definition) is 2.